The number of carbonyl (C=O) groups is 1. The van der Waals surface area contributed by atoms with Crippen LogP contribution in [0, 0.1) is 11.8 Å². The molecule has 1 atom stereocenters. The fourth-order valence-electron chi connectivity index (χ4n) is 1.99. The van der Waals surface area contributed by atoms with Crippen molar-refractivity contribution in [3.05, 3.63) is 36.9 Å². The van der Waals surface area contributed by atoms with Crippen LogP contribution in [0.1, 0.15) is 13.8 Å². The minimum atomic E-state index is -0.177. The molecule has 2 aromatic rings. The van der Waals surface area contributed by atoms with Crippen molar-refractivity contribution in [1.29, 1.82) is 0 Å². The summed E-state index contributed by atoms with van der Waals surface area (Å²) in [5.41, 5.74) is 7.30. The fourth-order valence-corrected chi connectivity index (χ4v) is 1.99. The summed E-state index contributed by atoms with van der Waals surface area (Å²) in [6.45, 7) is 4.33. The third-order valence-corrected chi connectivity index (χ3v) is 3.26. The summed E-state index contributed by atoms with van der Waals surface area (Å²) >= 11 is 0. The number of anilines is 1. The highest BCUT2D eigenvalue weighted by Gasteiger charge is 2.20. The first-order valence-electron chi connectivity index (χ1n) is 6.61. The highest BCUT2D eigenvalue weighted by atomic mass is 16.3. The van der Waals surface area contributed by atoms with Gasteiger partial charge >= 0.3 is 0 Å². The van der Waals surface area contributed by atoms with Crippen LogP contribution in [0.3, 0.4) is 0 Å². The summed E-state index contributed by atoms with van der Waals surface area (Å²) in [7, 11) is 0. The maximum absolute atomic E-state index is 12.1. The molecular formula is C15H19N3O2. The highest BCUT2D eigenvalue weighted by molar-refractivity contribution is 5.93. The Hall–Kier alpha value is -2.14. The molecule has 5 heteroatoms. The summed E-state index contributed by atoms with van der Waals surface area (Å²) in [6, 6.07) is 7.43. The van der Waals surface area contributed by atoms with Gasteiger partial charge in [0.2, 0.25) is 5.91 Å². The maximum atomic E-state index is 12.1. The Morgan fingerprint density at radius 2 is 2.05 bits per heavy atom. The van der Waals surface area contributed by atoms with Gasteiger partial charge in [-0.2, -0.15) is 0 Å². The van der Waals surface area contributed by atoms with Gasteiger partial charge in [0.25, 0.3) is 0 Å². The average molecular weight is 273 g/mol. The topological polar surface area (TPSA) is 81.2 Å². The first kappa shape index (κ1) is 14.3. The molecule has 3 N–H and O–H groups in total. The average Bonchev–Trinajstić information content (AvgIpc) is 2.94. The molecule has 0 radical (unpaired) electrons. The monoisotopic (exact) mass is 273 g/mol. The van der Waals surface area contributed by atoms with Gasteiger partial charge in [-0.15, -0.1) is 0 Å². The van der Waals surface area contributed by atoms with E-state index in [9.17, 15) is 4.79 Å². The third kappa shape index (κ3) is 3.24. The lowest BCUT2D eigenvalue weighted by molar-refractivity contribution is -0.120. The van der Waals surface area contributed by atoms with Gasteiger partial charge in [0.1, 0.15) is 0 Å². The van der Waals surface area contributed by atoms with Crippen LogP contribution in [0.25, 0.3) is 11.3 Å². The lowest BCUT2D eigenvalue weighted by Gasteiger charge is -2.18. The quantitative estimate of drug-likeness (QED) is 0.877. The first-order valence-corrected chi connectivity index (χ1v) is 6.61. The summed E-state index contributed by atoms with van der Waals surface area (Å²) in [6.07, 6.45) is 3.04. The second-order valence-corrected chi connectivity index (χ2v) is 5.02. The van der Waals surface area contributed by atoms with Gasteiger partial charge in [-0.25, -0.2) is 4.98 Å². The Morgan fingerprint density at radius 3 is 2.55 bits per heavy atom. The molecule has 0 aliphatic carbocycles. The molecule has 5 nitrogen and oxygen atoms in total. The number of carbonyl (C=O) groups excluding carboxylic acids is 1. The Bertz CT molecular complexity index is 547. The standard InChI is InChI=1S/C15H19N3O2/c1-10(2)13(7-16)15(19)18-12-5-3-11(4-6-12)14-8-17-9-20-14/h3-6,8-10,13H,7,16H2,1-2H3,(H,18,19). The molecule has 0 spiro atoms. The second-order valence-electron chi connectivity index (χ2n) is 5.02. The zero-order chi connectivity index (χ0) is 14.5. The van der Waals surface area contributed by atoms with Gasteiger partial charge in [-0.3, -0.25) is 4.79 Å². The van der Waals surface area contributed by atoms with Gasteiger partial charge < -0.3 is 15.5 Å². The molecule has 1 unspecified atom stereocenters. The van der Waals surface area contributed by atoms with Crippen molar-refractivity contribution in [3.8, 4) is 11.3 Å². The van der Waals surface area contributed by atoms with Gasteiger partial charge in [-0.05, 0) is 30.2 Å². The van der Waals surface area contributed by atoms with E-state index in [4.69, 9.17) is 10.2 Å². The third-order valence-electron chi connectivity index (χ3n) is 3.26. The van der Waals surface area contributed by atoms with Crippen molar-refractivity contribution >= 4 is 11.6 Å². The lowest BCUT2D eigenvalue weighted by Crippen LogP contribution is -2.33. The number of nitrogens with one attached hydrogen (secondary N) is 1. The largest absolute Gasteiger partial charge is 0.444 e. The molecule has 1 heterocycles. The van der Waals surface area contributed by atoms with Crippen LogP contribution >= 0.6 is 0 Å². The summed E-state index contributed by atoms with van der Waals surface area (Å²) < 4.78 is 5.21. The molecule has 2 rings (SSSR count). The summed E-state index contributed by atoms with van der Waals surface area (Å²) in [5.74, 6) is 0.692. The minimum Gasteiger partial charge on any atom is -0.444 e. The zero-order valence-electron chi connectivity index (χ0n) is 11.7. The zero-order valence-corrected chi connectivity index (χ0v) is 11.7. The Morgan fingerprint density at radius 1 is 1.35 bits per heavy atom. The molecule has 0 saturated carbocycles. The van der Waals surface area contributed by atoms with E-state index in [0.29, 0.717) is 12.3 Å². The number of benzene rings is 1. The molecule has 1 aromatic heterocycles. The summed E-state index contributed by atoms with van der Waals surface area (Å²) in [5, 5.41) is 2.88. The molecule has 1 aromatic carbocycles. The number of oxazole rings is 1. The maximum Gasteiger partial charge on any atom is 0.229 e. The first-order chi connectivity index (χ1) is 9.61. The minimum absolute atomic E-state index is 0.0464. The molecule has 0 fully saturated rings. The molecular weight excluding hydrogens is 254 g/mol. The van der Waals surface area contributed by atoms with Crippen LogP contribution in [-0.2, 0) is 4.79 Å². The van der Waals surface area contributed by atoms with Gasteiger partial charge in [0, 0.05) is 17.8 Å². The van der Waals surface area contributed by atoms with Crippen LogP contribution in [0.5, 0.6) is 0 Å². The van der Waals surface area contributed by atoms with Crippen LogP contribution < -0.4 is 11.1 Å². The number of hydrogen-bond donors (Lipinski definition) is 2. The van der Waals surface area contributed by atoms with E-state index >= 15 is 0 Å². The second kappa shape index (κ2) is 6.34. The van der Waals surface area contributed by atoms with E-state index in [2.05, 4.69) is 10.3 Å². The van der Waals surface area contributed by atoms with E-state index < -0.39 is 0 Å². The van der Waals surface area contributed by atoms with E-state index in [-0.39, 0.29) is 17.7 Å². The van der Waals surface area contributed by atoms with Crippen LogP contribution in [0.2, 0.25) is 0 Å². The number of amides is 1. The predicted octanol–water partition coefficient (Wildman–Crippen LogP) is 2.51. The summed E-state index contributed by atoms with van der Waals surface area (Å²) in [4.78, 5) is 16.0. The molecule has 106 valence electrons. The Labute approximate surface area is 118 Å². The highest BCUT2D eigenvalue weighted by Crippen LogP contribution is 2.21. The Kier molecular flexibility index (Phi) is 4.53. The van der Waals surface area contributed by atoms with Gasteiger partial charge in [-0.1, -0.05) is 13.8 Å². The number of aromatic nitrogens is 1. The number of nitrogens with two attached hydrogens (primary N) is 1. The van der Waals surface area contributed by atoms with Crippen molar-refractivity contribution in [2.75, 3.05) is 11.9 Å². The van der Waals surface area contributed by atoms with Crippen LogP contribution in [-0.4, -0.2) is 17.4 Å². The number of hydrogen-bond acceptors (Lipinski definition) is 4. The number of rotatable bonds is 5. The van der Waals surface area contributed by atoms with Gasteiger partial charge in [0.05, 0.1) is 12.1 Å². The molecule has 1 amide bonds. The van der Waals surface area contributed by atoms with Crippen molar-refractivity contribution in [2.24, 2.45) is 17.6 Å². The van der Waals surface area contributed by atoms with E-state index in [0.717, 1.165) is 11.3 Å². The van der Waals surface area contributed by atoms with Crippen molar-refractivity contribution in [3.63, 3.8) is 0 Å². The smallest absolute Gasteiger partial charge is 0.229 e. The lowest BCUT2D eigenvalue weighted by atomic mass is 9.95. The van der Waals surface area contributed by atoms with Crippen molar-refractivity contribution in [2.45, 2.75) is 13.8 Å². The van der Waals surface area contributed by atoms with Crippen LogP contribution in [0.15, 0.2) is 41.3 Å². The molecule has 0 bridgehead atoms. The van der Waals surface area contributed by atoms with Crippen LogP contribution in [0.4, 0.5) is 5.69 Å². The van der Waals surface area contributed by atoms with E-state index in [1.54, 1.807) is 6.20 Å². The molecule has 20 heavy (non-hydrogen) atoms. The van der Waals surface area contributed by atoms with Crippen molar-refractivity contribution in [1.82, 2.24) is 4.98 Å². The SMILES string of the molecule is CC(C)C(CN)C(=O)Nc1ccc(-c2cnco2)cc1. The van der Waals surface area contributed by atoms with E-state index in [1.165, 1.54) is 6.39 Å². The van der Waals surface area contributed by atoms with E-state index in [1.807, 2.05) is 38.1 Å². The Balaban J connectivity index is 2.06. The van der Waals surface area contributed by atoms with Crippen molar-refractivity contribution < 1.29 is 9.21 Å². The molecule has 0 aliphatic heterocycles. The molecule has 0 aliphatic rings. The molecule has 0 saturated heterocycles. The fraction of sp³-hybridized carbons (Fsp3) is 0.333. The van der Waals surface area contributed by atoms with Gasteiger partial charge in [0.15, 0.2) is 12.2 Å². The predicted molar refractivity (Wildman–Crippen MR) is 78.0 cm³/mol. The number of nitrogens with zero attached hydrogens (tertiary/aromatic N) is 1. The normalized spacial score (nSPS) is 12.4.